The first-order valence-electron chi connectivity index (χ1n) is 10.2. The molecule has 2 heterocycles. The van der Waals surface area contributed by atoms with Crippen LogP contribution >= 0.6 is 0 Å². The number of piperazine rings is 1. The van der Waals surface area contributed by atoms with Crippen LogP contribution in [0.5, 0.6) is 5.75 Å². The number of ether oxygens (including phenoxy) is 1. The van der Waals surface area contributed by atoms with E-state index in [0.29, 0.717) is 45.6 Å². The van der Waals surface area contributed by atoms with Crippen molar-refractivity contribution < 1.29 is 14.3 Å². The van der Waals surface area contributed by atoms with E-state index in [1.165, 1.54) is 12.8 Å². The molecule has 0 atom stereocenters. The number of likely N-dealkylation sites (tertiary alicyclic amines) is 1. The van der Waals surface area contributed by atoms with E-state index in [1.807, 2.05) is 41.0 Å². The van der Waals surface area contributed by atoms with Gasteiger partial charge in [-0.2, -0.15) is 0 Å². The van der Waals surface area contributed by atoms with Gasteiger partial charge in [-0.3, -0.25) is 9.59 Å². The smallest absolute Gasteiger partial charge is 0.227 e. The fourth-order valence-corrected chi connectivity index (χ4v) is 3.78. The highest BCUT2D eigenvalue weighted by Crippen LogP contribution is 2.14. The monoisotopic (exact) mass is 373 g/mol. The molecule has 6 heteroatoms. The van der Waals surface area contributed by atoms with Crippen molar-refractivity contribution in [1.29, 1.82) is 0 Å². The van der Waals surface area contributed by atoms with Crippen LogP contribution in [0, 0.1) is 0 Å². The van der Waals surface area contributed by atoms with Crippen molar-refractivity contribution in [3.63, 3.8) is 0 Å². The topological polar surface area (TPSA) is 53.1 Å². The van der Waals surface area contributed by atoms with Gasteiger partial charge in [0.25, 0.3) is 0 Å². The Bertz CT molecular complexity index is 618. The number of nitrogens with zero attached hydrogens (tertiary/aromatic N) is 3. The molecule has 2 aliphatic rings. The van der Waals surface area contributed by atoms with Crippen LogP contribution in [0.15, 0.2) is 24.3 Å². The fraction of sp³-hybridized carbons (Fsp3) is 0.619. The number of hydrogen-bond acceptors (Lipinski definition) is 4. The third-order valence-electron chi connectivity index (χ3n) is 5.42. The van der Waals surface area contributed by atoms with Crippen molar-refractivity contribution >= 4 is 11.8 Å². The van der Waals surface area contributed by atoms with Gasteiger partial charge in [0, 0.05) is 39.1 Å². The second-order valence-electron chi connectivity index (χ2n) is 7.31. The van der Waals surface area contributed by atoms with E-state index < -0.39 is 0 Å². The first-order valence-corrected chi connectivity index (χ1v) is 10.2. The number of rotatable bonds is 7. The number of carbonyl (C=O) groups excluding carboxylic acids is 2. The van der Waals surface area contributed by atoms with E-state index in [9.17, 15) is 9.59 Å². The minimum absolute atomic E-state index is 0.128. The third-order valence-corrected chi connectivity index (χ3v) is 5.42. The van der Waals surface area contributed by atoms with Gasteiger partial charge in [0.1, 0.15) is 5.75 Å². The largest absolute Gasteiger partial charge is 0.494 e. The van der Waals surface area contributed by atoms with Gasteiger partial charge in [0.15, 0.2) is 0 Å². The maximum Gasteiger partial charge on any atom is 0.227 e. The van der Waals surface area contributed by atoms with Crippen molar-refractivity contribution in [2.45, 2.75) is 32.6 Å². The lowest BCUT2D eigenvalue weighted by Crippen LogP contribution is -2.51. The number of carbonyl (C=O) groups is 2. The summed E-state index contributed by atoms with van der Waals surface area (Å²) >= 11 is 0. The number of amides is 2. The van der Waals surface area contributed by atoms with E-state index in [4.69, 9.17) is 4.74 Å². The lowest BCUT2D eigenvalue weighted by atomic mass is 10.1. The Balaban J connectivity index is 1.39. The summed E-state index contributed by atoms with van der Waals surface area (Å²) in [6.45, 7) is 8.27. The van der Waals surface area contributed by atoms with E-state index >= 15 is 0 Å². The summed E-state index contributed by atoms with van der Waals surface area (Å²) in [5.74, 6) is 1.18. The standard InChI is InChI=1S/C21H31N3O3/c1-2-27-19-7-5-18(6-8-19)17-21(26)24-15-13-23(14-16-24)20(25)9-12-22-10-3-4-11-22/h5-8H,2-4,9-17H2,1H3. The maximum absolute atomic E-state index is 12.5. The Morgan fingerprint density at radius 2 is 1.48 bits per heavy atom. The highest BCUT2D eigenvalue weighted by molar-refractivity contribution is 5.80. The van der Waals surface area contributed by atoms with Gasteiger partial charge >= 0.3 is 0 Å². The van der Waals surface area contributed by atoms with Gasteiger partial charge in [-0.25, -0.2) is 0 Å². The molecule has 0 bridgehead atoms. The van der Waals surface area contributed by atoms with Crippen LogP contribution in [-0.2, 0) is 16.0 Å². The molecule has 1 aromatic rings. The van der Waals surface area contributed by atoms with Gasteiger partial charge in [0.2, 0.25) is 11.8 Å². The Labute approximate surface area is 162 Å². The average molecular weight is 373 g/mol. The molecule has 0 unspecified atom stereocenters. The molecular formula is C21H31N3O3. The van der Waals surface area contributed by atoms with Gasteiger partial charge < -0.3 is 19.4 Å². The van der Waals surface area contributed by atoms with E-state index in [2.05, 4.69) is 4.90 Å². The van der Waals surface area contributed by atoms with E-state index in [0.717, 1.165) is 30.9 Å². The van der Waals surface area contributed by atoms with Crippen LogP contribution < -0.4 is 4.74 Å². The predicted octanol–water partition coefficient (Wildman–Crippen LogP) is 1.78. The fourth-order valence-electron chi connectivity index (χ4n) is 3.78. The molecule has 2 fully saturated rings. The lowest BCUT2D eigenvalue weighted by Gasteiger charge is -2.35. The quantitative estimate of drug-likeness (QED) is 0.731. The Hall–Kier alpha value is -2.08. The molecule has 0 N–H and O–H groups in total. The second kappa shape index (κ2) is 9.74. The summed E-state index contributed by atoms with van der Waals surface area (Å²) in [7, 11) is 0. The van der Waals surface area contributed by atoms with Gasteiger partial charge in [-0.15, -0.1) is 0 Å². The molecule has 27 heavy (non-hydrogen) atoms. The average Bonchev–Trinajstić information content (AvgIpc) is 3.21. The maximum atomic E-state index is 12.5. The normalized spacial score (nSPS) is 18.0. The summed E-state index contributed by atoms with van der Waals surface area (Å²) in [5, 5.41) is 0. The summed E-state index contributed by atoms with van der Waals surface area (Å²) in [5.41, 5.74) is 0.993. The van der Waals surface area contributed by atoms with Gasteiger partial charge in [-0.1, -0.05) is 12.1 Å². The van der Waals surface area contributed by atoms with Crippen LogP contribution in [0.3, 0.4) is 0 Å². The van der Waals surface area contributed by atoms with Crippen molar-refractivity contribution in [3.05, 3.63) is 29.8 Å². The molecule has 2 amide bonds. The van der Waals surface area contributed by atoms with Gasteiger partial charge in [0.05, 0.1) is 13.0 Å². The zero-order valence-electron chi connectivity index (χ0n) is 16.4. The lowest BCUT2D eigenvalue weighted by molar-refractivity contribution is -0.139. The molecule has 6 nitrogen and oxygen atoms in total. The second-order valence-corrected chi connectivity index (χ2v) is 7.31. The van der Waals surface area contributed by atoms with Crippen molar-refractivity contribution in [2.75, 3.05) is 52.4 Å². The molecule has 0 radical (unpaired) electrons. The molecule has 2 aliphatic heterocycles. The SMILES string of the molecule is CCOc1ccc(CC(=O)N2CCN(C(=O)CCN3CCCC3)CC2)cc1. The molecule has 1 aromatic carbocycles. The molecular weight excluding hydrogens is 342 g/mol. The summed E-state index contributed by atoms with van der Waals surface area (Å²) < 4.78 is 5.43. The summed E-state index contributed by atoms with van der Waals surface area (Å²) in [6, 6.07) is 7.70. The summed E-state index contributed by atoms with van der Waals surface area (Å²) in [6.07, 6.45) is 3.50. The number of hydrogen-bond donors (Lipinski definition) is 0. The molecule has 0 spiro atoms. The molecule has 0 aliphatic carbocycles. The van der Waals surface area contributed by atoms with Crippen LogP contribution in [0.25, 0.3) is 0 Å². The zero-order valence-corrected chi connectivity index (χ0v) is 16.4. The van der Waals surface area contributed by atoms with E-state index in [-0.39, 0.29) is 11.8 Å². The van der Waals surface area contributed by atoms with Crippen molar-refractivity contribution in [3.8, 4) is 5.75 Å². The molecule has 0 saturated carbocycles. The Morgan fingerprint density at radius 1 is 0.889 bits per heavy atom. The minimum atomic E-state index is 0.128. The first-order chi connectivity index (χ1) is 13.2. The van der Waals surface area contributed by atoms with Crippen LogP contribution in [0.4, 0.5) is 0 Å². The van der Waals surface area contributed by atoms with Crippen LogP contribution in [-0.4, -0.2) is 78.9 Å². The molecule has 3 rings (SSSR count). The van der Waals surface area contributed by atoms with Crippen LogP contribution in [0.1, 0.15) is 31.7 Å². The Morgan fingerprint density at radius 3 is 2.07 bits per heavy atom. The van der Waals surface area contributed by atoms with Crippen LogP contribution in [0.2, 0.25) is 0 Å². The van der Waals surface area contributed by atoms with Crippen molar-refractivity contribution in [1.82, 2.24) is 14.7 Å². The molecule has 148 valence electrons. The molecule has 2 saturated heterocycles. The summed E-state index contributed by atoms with van der Waals surface area (Å²) in [4.78, 5) is 31.1. The van der Waals surface area contributed by atoms with Crippen molar-refractivity contribution in [2.24, 2.45) is 0 Å². The van der Waals surface area contributed by atoms with E-state index in [1.54, 1.807) is 0 Å². The molecule has 0 aromatic heterocycles. The zero-order chi connectivity index (χ0) is 19.1. The number of benzene rings is 1. The minimum Gasteiger partial charge on any atom is -0.494 e. The van der Waals surface area contributed by atoms with Gasteiger partial charge in [-0.05, 0) is 50.6 Å². The predicted molar refractivity (Wildman–Crippen MR) is 105 cm³/mol. The first kappa shape index (κ1) is 19.7. The third kappa shape index (κ3) is 5.70. The highest BCUT2D eigenvalue weighted by atomic mass is 16.5. The highest BCUT2D eigenvalue weighted by Gasteiger charge is 2.24. The Kier molecular flexibility index (Phi) is 7.10.